The molecule has 1 fully saturated rings. The van der Waals surface area contributed by atoms with Crippen LogP contribution in [0.15, 0.2) is 0 Å². The molecule has 0 amide bonds. The number of hydrogen-bond acceptors (Lipinski definition) is 5. The van der Waals surface area contributed by atoms with Crippen molar-refractivity contribution in [2.24, 2.45) is 0 Å². The van der Waals surface area contributed by atoms with Crippen LogP contribution in [0.5, 0.6) is 0 Å². The molecule has 0 radical (unpaired) electrons. The van der Waals surface area contributed by atoms with Crippen molar-refractivity contribution in [3.05, 3.63) is 0 Å². The maximum Gasteiger partial charge on any atom is 0.323 e. The lowest BCUT2D eigenvalue weighted by molar-refractivity contribution is -0.157. The molecule has 0 spiro atoms. The highest BCUT2D eigenvalue weighted by atomic mass is 16.6. The van der Waals surface area contributed by atoms with Crippen LogP contribution in [0.1, 0.15) is 33.6 Å². The van der Waals surface area contributed by atoms with E-state index in [4.69, 9.17) is 9.47 Å². The third-order valence-electron chi connectivity index (χ3n) is 2.59. The van der Waals surface area contributed by atoms with E-state index in [0.29, 0.717) is 0 Å². The number of carbonyl (C=O) groups excluding carboxylic acids is 2. The molecular weight excluding hydrogens is 222 g/mol. The molecule has 98 valence electrons. The van der Waals surface area contributed by atoms with Crippen molar-refractivity contribution in [1.82, 2.24) is 4.90 Å². The number of carbonyl (C=O) groups is 2. The molecule has 5 heteroatoms. The first-order chi connectivity index (χ1) is 7.83. The lowest BCUT2D eigenvalue weighted by Gasteiger charge is -2.24. The second kappa shape index (κ2) is 5.49. The average molecular weight is 243 g/mol. The summed E-state index contributed by atoms with van der Waals surface area (Å²) in [5.74, 6) is -0.570. The van der Waals surface area contributed by atoms with Gasteiger partial charge in [0.25, 0.3) is 0 Å². The Morgan fingerprint density at radius 2 is 2.00 bits per heavy atom. The molecule has 5 nitrogen and oxygen atoms in total. The van der Waals surface area contributed by atoms with Crippen molar-refractivity contribution < 1.29 is 19.1 Å². The number of nitrogens with zero attached hydrogens (tertiary/aromatic N) is 1. The largest absolute Gasteiger partial charge is 0.468 e. The van der Waals surface area contributed by atoms with Crippen LogP contribution < -0.4 is 0 Å². The van der Waals surface area contributed by atoms with E-state index in [9.17, 15) is 9.59 Å². The molecule has 1 heterocycles. The van der Waals surface area contributed by atoms with Gasteiger partial charge in [-0.2, -0.15) is 0 Å². The topological polar surface area (TPSA) is 55.8 Å². The Bertz CT molecular complexity index is 295. The van der Waals surface area contributed by atoms with Gasteiger partial charge in [0.15, 0.2) is 0 Å². The zero-order chi connectivity index (χ0) is 13.1. The average Bonchev–Trinajstić information content (AvgIpc) is 2.61. The molecule has 0 unspecified atom stereocenters. The Kier molecular flexibility index (Phi) is 4.51. The quantitative estimate of drug-likeness (QED) is 0.691. The third-order valence-corrected chi connectivity index (χ3v) is 2.59. The zero-order valence-electron chi connectivity index (χ0n) is 11.0. The SMILES string of the molecule is COC(=O)[C@@H]1CCCN1CC(=O)OC(C)(C)C. The van der Waals surface area contributed by atoms with E-state index in [1.54, 1.807) is 0 Å². The Morgan fingerprint density at radius 3 is 2.53 bits per heavy atom. The molecule has 17 heavy (non-hydrogen) atoms. The maximum atomic E-state index is 11.7. The fourth-order valence-corrected chi connectivity index (χ4v) is 1.96. The second-order valence-corrected chi connectivity index (χ2v) is 5.24. The molecule has 0 aromatic heterocycles. The van der Waals surface area contributed by atoms with E-state index in [0.717, 1.165) is 19.4 Å². The van der Waals surface area contributed by atoms with Crippen LogP contribution in [-0.4, -0.2) is 48.7 Å². The fraction of sp³-hybridized carbons (Fsp3) is 0.833. The van der Waals surface area contributed by atoms with Gasteiger partial charge in [0, 0.05) is 0 Å². The van der Waals surface area contributed by atoms with E-state index in [-0.39, 0.29) is 24.5 Å². The minimum Gasteiger partial charge on any atom is -0.468 e. The van der Waals surface area contributed by atoms with E-state index >= 15 is 0 Å². The van der Waals surface area contributed by atoms with Gasteiger partial charge in [0.05, 0.1) is 13.7 Å². The second-order valence-electron chi connectivity index (χ2n) is 5.24. The number of esters is 2. The molecule has 1 saturated heterocycles. The summed E-state index contributed by atoms with van der Waals surface area (Å²) in [5, 5.41) is 0. The van der Waals surface area contributed by atoms with Gasteiger partial charge in [-0.3, -0.25) is 14.5 Å². The van der Waals surface area contributed by atoms with Crippen molar-refractivity contribution in [1.29, 1.82) is 0 Å². The lowest BCUT2D eigenvalue weighted by atomic mass is 10.2. The van der Waals surface area contributed by atoms with Gasteiger partial charge in [-0.25, -0.2) is 0 Å². The summed E-state index contributed by atoms with van der Waals surface area (Å²) in [6.45, 7) is 6.36. The molecule has 1 atom stereocenters. The highest BCUT2D eigenvalue weighted by Crippen LogP contribution is 2.18. The Morgan fingerprint density at radius 1 is 1.35 bits per heavy atom. The van der Waals surface area contributed by atoms with Crippen LogP contribution in [0.4, 0.5) is 0 Å². The molecule has 0 saturated carbocycles. The van der Waals surface area contributed by atoms with Gasteiger partial charge in [-0.15, -0.1) is 0 Å². The first-order valence-electron chi connectivity index (χ1n) is 5.87. The number of likely N-dealkylation sites (tertiary alicyclic amines) is 1. The van der Waals surface area contributed by atoms with Crippen LogP contribution in [0.2, 0.25) is 0 Å². The Balaban J connectivity index is 2.50. The van der Waals surface area contributed by atoms with E-state index in [2.05, 4.69) is 0 Å². The molecule has 0 bridgehead atoms. The Labute approximate surface area is 102 Å². The van der Waals surface area contributed by atoms with E-state index < -0.39 is 5.60 Å². The first-order valence-corrected chi connectivity index (χ1v) is 5.87. The zero-order valence-corrected chi connectivity index (χ0v) is 11.0. The molecule has 1 rings (SSSR count). The molecule has 1 aliphatic heterocycles. The van der Waals surface area contributed by atoms with Crippen molar-refractivity contribution in [2.45, 2.75) is 45.3 Å². The highest BCUT2D eigenvalue weighted by molar-refractivity contribution is 5.78. The van der Waals surface area contributed by atoms with E-state index in [1.807, 2.05) is 25.7 Å². The summed E-state index contributed by atoms with van der Waals surface area (Å²) in [6, 6.07) is -0.299. The van der Waals surface area contributed by atoms with Crippen molar-refractivity contribution in [3.8, 4) is 0 Å². The standard InChI is InChI=1S/C12H21NO4/c1-12(2,3)17-10(14)8-13-7-5-6-9(13)11(15)16-4/h9H,5-8H2,1-4H3/t9-/m0/s1. The normalized spacial score (nSPS) is 21.3. The van der Waals surface area contributed by atoms with Crippen molar-refractivity contribution >= 4 is 11.9 Å². The summed E-state index contributed by atoms with van der Waals surface area (Å²) in [4.78, 5) is 24.9. The van der Waals surface area contributed by atoms with Gasteiger partial charge in [-0.1, -0.05) is 0 Å². The molecule has 0 aromatic rings. The van der Waals surface area contributed by atoms with Gasteiger partial charge in [0.1, 0.15) is 11.6 Å². The molecule has 0 aliphatic carbocycles. The number of ether oxygens (including phenoxy) is 2. The number of methoxy groups -OCH3 is 1. The molecular formula is C12H21NO4. The highest BCUT2D eigenvalue weighted by Gasteiger charge is 2.33. The smallest absolute Gasteiger partial charge is 0.323 e. The monoisotopic (exact) mass is 243 g/mol. The fourth-order valence-electron chi connectivity index (χ4n) is 1.96. The van der Waals surface area contributed by atoms with Crippen LogP contribution >= 0.6 is 0 Å². The summed E-state index contributed by atoms with van der Waals surface area (Å²) in [5.41, 5.74) is -0.489. The third kappa shape index (κ3) is 4.34. The summed E-state index contributed by atoms with van der Waals surface area (Å²) in [6.07, 6.45) is 1.65. The van der Waals surface area contributed by atoms with Gasteiger partial charge in [-0.05, 0) is 40.2 Å². The van der Waals surface area contributed by atoms with E-state index in [1.165, 1.54) is 7.11 Å². The predicted octanol–water partition coefficient (Wildman–Crippen LogP) is 0.965. The Hall–Kier alpha value is -1.10. The summed E-state index contributed by atoms with van der Waals surface area (Å²) < 4.78 is 9.94. The molecule has 1 aliphatic rings. The molecule has 0 N–H and O–H groups in total. The summed E-state index contributed by atoms with van der Waals surface area (Å²) >= 11 is 0. The van der Waals surface area contributed by atoms with Crippen molar-refractivity contribution in [2.75, 3.05) is 20.2 Å². The summed E-state index contributed by atoms with van der Waals surface area (Å²) in [7, 11) is 1.37. The van der Waals surface area contributed by atoms with Gasteiger partial charge >= 0.3 is 11.9 Å². The molecule has 0 aromatic carbocycles. The number of hydrogen-bond donors (Lipinski definition) is 0. The van der Waals surface area contributed by atoms with Gasteiger partial charge < -0.3 is 9.47 Å². The maximum absolute atomic E-state index is 11.7. The minimum absolute atomic E-state index is 0.150. The van der Waals surface area contributed by atoms with Crippen LogP contribution in [0.3, 0.4) is 0 Å². The van der Waals surface area contributed by atoms with Crippen LogP contribution in [0.25, 0.3) is 0 Å². The first kappa shape index (κ1) is 14.0. The number of rotatable bonds is 3. The predicted molar refractivity (Wildman–Crippen MR) is 62.5 cm³/mol. The van der Waals surface area contributed by atoms with Gasteiger partial charge in [0.2, 0.25) is 0 Å². The lowest BCUT2D eigenvalue weighted by Crippen LogP contribution is -2.41. The van der Waals surface area contributed by atoms with Crippen molar-refractivity contribution in [3.63, 3.8) is 0 Å². The minimum atomic E-state index is -0.489. The van der Waals surface area contributed by atoms with Crippen LogP contribution in [0, 0.1) is 0 Å². The van der Waals surface area contributed by atoms with Crippen LogP contribution in [-0.2, 0) is 19.1 Å².